The second-order valence-corrected chi connectivity index (χ2v) is 14.0. The number of hydrogen-bond donors (Lipinski definition) is 1. The van der Waals surface area contributed by atoms with Gasteiger partial charge in [-0.3, -0.25) is 24.1 Å². The van der Waals surface area contributed by atoms with E-state index in [0.29, 0.717) is 33.0 Å². The van der Waals surface area contributed by atoms with Crippen molar-refractivity contribution in [3.63, 3.8) is 0 Å². The van der Waals surface area contributed by atoms with Crippen molar-refractivity contribution in [1.82, 2.24) is 0 Å². The van der Waals surface area contributed by atoms with Gasteiger partial charge >= 0.3 is 0 Å². The van der Waals surface area contributed by atoms with E-state index in [1.807, 2.05) is 66.7 Å². The number of anilines is 1. The first kappa shape index (κ1) is 32.7. The zero-order valence-corrected chi connectivity index (χ0v) is 28.7. The Morgan fingerprint density at radius 3 is 2.06 bits per heavy atom. The summed E-state index contributed by atoms with van der Waals surface area (Å²) in [5.74, 6) is -4.55. The lowest BCUT2D eigenvalue weighted by Crippen LogP contribution is -2.59. The van der Waals surface area contributed by atoms with Crippen LogP contribution in [0, 0.1) is 23.7 Å². The van der Waals surface area contributed by atoms with Crippen LogP contribution in [0.4, 0.5) is 5.69 Å². The number of allylic oxidation sites excluding steroid dienone is 4. The van der Waals surface area contributed by atoms with Gasteiger partial charge in [0.1, 0.15) is 17.2 Å². The van der Waals surface area contributed by atoms with E-state index in [9.17, 15) is 14.7 Å². The van der Waals surface area contributed by atoms with Crippen LogP contribution in [0.5, 0.6) is 17.2 Å². The molecule has 1 heterocycles. The van der Waals surface area contributed by atoms with Crippen LogP contribution in [0.25, 0.3) is 5.57 Å². The molecular formula is C42H34ClNO7. The van der Waals surface area contributed by atoms with Gasteiger partial charge < -0.3 is 14.6 Å². The summed E-state index contributed by atoms with van der Waals surface area (Å²) in [6.07, 6.45) is 3.86. The van der Waals surface area contributed by atoms with Gasteiger partial charge in [0.25, 0.3) is 0 Å². The van der Waals surface area contributed by atoms with Crippen molar-refractivity contribution >= 4 is 46.2 Å². The molecule has 51 heavy (non-hydrogen) atoms. The Labute approximate surface area is 299 Å². The third-order valence-electron chi connectivity index (χ3n) is 11.3. The first-order valence-corrected chi connectivity index (χ1v) is 17.3. The third kappa shape index (κ3) is 4.80. The number of ketones is 2. The summed E-state index contributed by atoms with van der Waals surface area (Å²) in [7, 11) is 2.95. The Balaban J connectivity index is 1.40. The van der Waals surface area contributed by atoms with Gasteiger partial charge in [-0.05, 0) is 60.2 Å². The fourth-order valence-corrected chi connectivity index (χ4v) is 9.37. The number of rotatable bonds is 6. The summed E-state index contributed by atoms with van der Waals surface area (Å²) >= 11 is 6.15. The van der Waals surface area contributed by atoms with E-state index in [0.717, 1.165) is 5.57 Å². The van der Waals surface area contributed by atoms with Gasteiger partial charge in [-0.1, -0.05) is 83.9 Å². The molecule has 0 spiro atoms. The molecule has 3 aliphatic carbocycles. The largest absolute Gasteiger partial charge is 0.508 e. The van der Waals surface area contributed by atoms with E-state index in [-0.39, 0.29) is 53.5 Å². The number of halogens is 1. The van der Waals surface area contributed by atoms with Crippen molar-refractivity contribution in [3.8, 4) is 17.2 Å². The molecule has 6 atom stereocenters. The standard InChI is InChI=1S/C42H34ClNO7/c1-50-33-19-27(45)20-34(51-2)37(33)38-28-17-18-29-36(41(49)44(40(29)48)26-15-13-25(43)14-16-26)31(28)21-32-39(47)30(23-9-5-3-6-10-23)22-35(46)42(32,38)24-11-7-4-8-12-24/h3-17,19-20,22,29,31-32,36,38,45H,18,21H2,1-2H3. The van der Waals surface area contributed by atoms with E-state index in [1.54, 1.807) is 24.3 Å². The van der Waals surface area contributed by atoms with Gasteiger partial charge in [-0.2, -0.15) is 0 Å². The molecule has 1 saturated heterocycles. The molecule has 8 rings (SSSR count). The summed E-state index contributed by atoms with van der Waals surface area (Å²) in [4.78, 5) is 60.3. The second kappa shape index (κ2) is 12.4. The average molecular weight is 700 g/mol. The SMILES string of the molecule is COc1cc(O)cc(OC)c1C1C2=CCC3C(=O)N(c4ccc(Cl)cc4)C(=O)C3C2CC2C(=O)C(c3ccccc3)=CC(=O)C21c1ccccc1. The summed E-state index contributed by atoms with van der Waals surface area (Å²) in [5, 5.41) is 11.2. The predicted molar refractivity (Wildman–Crippen MR) is 192 cm³/mol. The van der Waals surface area contributed by atoms with Gasteiger partial charge in [0.15, 0.2) is 11.6 Å². The molecule has 8 nitrogen and oxygen atoms in total. The Kier molecular flexibility index (Phi) is 7.95. The number of ether oxygens (including phenoxy) is 2. The van der Waals surface area contributed by atoms with E-state index < -0.39 is 35.0 Å². The fourth-order valence-electron chi connectivity index (χ4n) is 9.24. The number of phenolic OH excluding ortho intramolecular Hbond substituents is 1. The molecule has 1 saturated carbocycles. The molecule has 256 valence electrons. The number of methoxy groups -OCH3 is 2. The number of nitrogens with zero attached hydrogens (tertiary/aromatic N) is 1. The first-order chi connectivity index (χ1) is 24.7. The normalized spacial score (nSPS) is 26.9. The van der Waals surface area contributed by atoms with Crippen LogP contribution < -0.4 is 14.4 Å². The van der Waals surface area contributed by atoms with Crippen LogP contribution in [0.15, 0.2) is 115 Å². The number of amides is 2. The van der Waals surface area contributed by atoms with Gasteiger partial charge in [0, 0.05) is 40.1 Å². The summed E-state index contributed by atoms with van der Waals surface area (Å²) in [6.45, 7) is 0. The first-order valence-electron chi connectivity index (χ1n) is 16.9. The van der Waals surface area contributed by atoms with Gasteiger partial charge in [-0.25, -0.2) is 0 Å². The van der Waals surface area contributed by atoms with Crippen molar-refractivity contribution < 1.29 is 33.8 Å². The van der Waals surface area contributed by atoms with Crippen LogP contribution in [-0.4, -0.2) is 42.7 Å². The number of carbonyl (C=O) groups excluding carboxylic acids is 4. The zero-order chi connectivity index (χ0) is 35.6. The van der Waals surface area contributed by atoms with Gasteiger partial charge in [0.05, 0.1) is 37.2 Å². The highest BCUT2D eigenvalue weighted by Crippen LogP contribution is 2.65. The van der Waals surface area contributed by atoms with Gasteiger partial charge in [-0.15, -0.1) is 0 Å². The molecular weight excluding hydrogens is 666 g/mol. The minimum atomic E-state index is -1.48. The molecule has 4 aromatic rings. The highest BCUT2D eigenvalue weighted by molar-refractivity contribution is 6.32. The maximum atomic E-state index is 15.3. The minimum absolute atomic E-state index is 0.102. The molecule has 1 aliphatic heterocycles. The number of fused-ring (bicyclic) bond motifs is 4. The highest BCUT2D eigenvalue weighted by Gasteiger charge is 2.66. The Bertz CT molecular complexity index is 2140. The molecule has 0 bridgehead atoms. The molecule has 9 heteroatoms. The lowest BCUT2D eigenvalue weighted by atomic mass is 9.44. The number of imide groups is 1. The molecule has 4 aliphatic rings. The molecule has 1 N–H and O–H groups in total. The summed E-state index contributed by atoms with van der Waals surface area (Å²) in [6, 6.07) is 27.9. The number of benzene rings is 4. The summed E-state index contributed by atoms with van der Waals surface area (Å²) < 4.78 is 11.8. The predicted octanol–water partition coefficient (Wildman–Crippen LogP) is 7.09. The molecule has 0 aromatic heterocycles. The molecule has 2 fully saturated rings. The van der Waals surface area contributed by atoms with Crippen LogP contribution in [0.3, 0.4) is 0 Å². The number of aromatic hydroxyl groups is 1. The lowest BCUT2D eigenvalue weighted by molar-refractivity contribution is -0.135. The van der Waals surface area contributed by atoms with Gasteiger partial charge in [0.2, 0.25) is 11.8 Å². The van der Waals surface area contributed by atoms with E-state index in [2.05, 4.69) is 0 Å². The van der Waals surface area contributed by atoms with Crippen molar-refractivity contribution in [3.05, 3.63) is 137 Å². The average Bonchev–Trinajstić information content (AvgIpc) is 3.41. The number of Topliss-reactive ketones (excluding diaryl/α,β-unsaturated/α-hetero) is 1. The molecule has 2 amide bonds. The van der Waals surface area contributed by atoms with Crippen molar-refractivity contribution in [1.29, 1.82) is 0 Å². The van der Waals surface area contributed by atoms with Crippen LogP contribution >= 0.6 is 11.6 Å². The van der Waals surface area contributed by atoms with Crippen LogP contribution in [0.2, 0.25) is 5.02 Å². The maximum Gasteiger partial charge on any atom is 0.238 e. The smallest absolute Gasteiger partial charge is 0.238 e. The minimum Gasteiger partial charge on any atom is -0.508 e. The molecule has 6 unspecified atom stereocenters. The van der Waals surface area contributed by atoms with Crippen LogP contribution in [-0.2, 0) is 24.6 Å². The maximum absolute atomic E-state index is 15.3. The Morgan fingerprint density at radius 1 is 0.804 bits per heavy atom. The Hall–Kier alpha value is -5.47. The Morgan fingerprint density at radius 2 is 1.43 bits per heavy atom. The van der Waals surface area contributed by atoms with E-state index in [4.69, 9.17) is 21.1 Å². The van der Waals surface area contributed by atoms with Crippen LogP contribution in [0.1, 0.15) is 35.4 Å². The number of phenols is 1. The summed E-state index contributed by atoms with van der Waals surface area (Å²) in [5.41, 5.74) is 1.74. The van der Waals surface area contributed by atoms with E-state index in [1.165, 1.54) is 37.3 Å². The van der Waals surface area contributed by atoms with E-state index >= 15 is 9.59 Å². The fraction of sp³-hybridized carbons (Fsp3) is 0.238. The lowest BCUT2D eigenvalue weighted by Gasteiger charge is -2.55. The zero-order valence-electron chi connectivity index (χ0n) is 27.9. The number of hydrogen-bond acceptors (Lipinski definition) is 7. The highest BCUT2D eigenvalue weighted by atomic mass is 35.5. The second-order valence-electron chi connectivity index (χ2n) is 13.5. The number of carbonyl (C=O) groups is 4. The quantitative estimate of drug-likeness (QED) is 0.169. The van der Waals surface area contributed by atoms with Crippen molar-refractivity contribution in [2.24, 2.45) is 23.7 Å². The molecule has 0 radical (unpaired) electrons. The topological polar surface area (TPSA) is 110 Å². The molecule has 4 aromatic carbocycles. The van der Waals surface area contributed by atoms with Crippen molar-refractivity contribution in [2.75, 3.05) is 19.1 Å². The third-order valence-corrected chi connectivity index (χ3v) is 11.5. The monoisotopic (exact) mass is 699 g/mol. The van der Waals surface area contributed by atoms with Crippen molar-refractivity contribution in [2.45, 2.75) is 24.2 Å².